The number of carboxylic acid groups (broad SMARTS) is 1. The number of nitro groups is 1. The highest BCUT2D eigenvalue weighted by atomic mass is 28.4. The first-order valence-corrected chi connectivity index (χ1v) is 14.7. The Kier molecular flexibility index (Phi) is 8.79. The van der Waals surface area contributed by atoms with Gasteiger partial charge in [0, 0.05) is 17.7 Å². The van der Waals surface area contributed by atoms with E-state index in [4.69, 9.17) is 4.43 Å². The number of rotatable bonds is 9. The molecule has 8 heteroatoms. The lowest BCUT2D eigenvalue weighted by Gasteiger charge is -2.46. The number of nitrogens with zero attached hydrogens (tertiary/aromatic N) is 2. The lowest BCUT2D eigenvalue weighted by atomic mass is 9.99. The van der Waals surface area contributed by atoms with E-state index >= 15 is 0 Å². The molecule has 38 heavy (non-hydrogen) atoms. The molecule has 0 unspecified atom stereocenters. The molecule has 0 aromatic heterocycles. The van der Waals surface area contributed by atoms with Crippen molar-refractivity contribution in [2.24, 2.45) is 0 Å². The molecule has 0 saturated carbocycles. The van der Waals surface area contributed by atoms with Crippen molar-refractivity contribution >= 4 is 30.5 Å². The zero-order valence-corrected chi connectivity index (χ0v) is 24.0. The van der Waals surface area contributed by atoms with E-state index in [1.165, 1.54) is 17.0 Å². The molecule has 1 N–H and O–H groups in total. The molecule has 0 bridgehead atoms. The second-order valence-electron chi connectivity index (χ2n) is 11.6. The molecular weight excluding hydrogens is 496 g/mol. The van der Waals surface area contributed by atoms with Crippen LogP contribution in [0, 0.1) is 10.1 Å². The van der Waals surface area contributed by atoms with Gasteiger partial charge in [0.1, 0.15) is 0 Å². The van der Waals surface area contributed by atoms with Gasteiger partial charge in [-0.1, -0.05) is 93.6 Å². The van der Waals surface area contributed by atoms with Crippen molar-refractivity contribution in [3.8, 4) is 0 Å². The molecule has 0 heterocycles. The molecule has 3 aromatic carbocycles. The van der Waals surface area contributed by atoms with E-state index in [9.17, 15) is 20.0 Å². The topological polar surface area (TPSA) is 92.9 Å². The van der Waals surface area contributed by atoms with E-state index in [-0.39, 0.29) is 23.8 Å². The van der Waals surface area contributed by atoms with Crippen LogP contribution in [0.5, 0.6) is 0 Å². The van der Waals surface area contributed by atoms with Crippen molar-refractivity contribution in [3.63, 3.8) is 0 Å². The maximum absolute atomic E-state index is 12.6. The number of amides is 1. The summed E-state index contributed by atoms with van der Waals surface area (Å²) in [5.74, 6) is 0. The van der Waals surface area contributed by atoms with Crippen LogP contribution >= 0.6 is 0 Å². The smallest absolute Gasteiger partial charge is 0.408 e. The van der Waals surface area contributed by atoms with E-state index in [0.29, 0.717) is 5.56 Å². The fourth-order valence-corrected chi connectivity index (χ4v) is 9.87. The van der Waals surface area contributed by atoms with Crippen LogP contribution in [0.4, 0.5) is 10.5 Å². The fraction of sp³-hybridized carbons (Fsp3) is 0.367. The van der Waals surface area contributed by atoms with Crippen LogP contribution in [0.1, 0.15) is 47.1 Å². The van der Waals surface area contributed by atoms with Gasteiger partial charge >= 0.3 is 6.09 Å². The van der Waals surface area contributed by atoms with Crippen LogP contribution in [0.15, 0.2) is 84.9 Å². The van der Waals surface area contributed by atoms with E-state index in [0.717, 1.165) is 10.4 Å². The summed E-state index contributed by atoms with van der Waals surface area (Å²) in [6.07, 6.45) is -0.775. The normalized spacial score (nSPS) is 13.1. The Balaban J connectivity index is 2.13. The predicted octanol–water partition coefficient (Wildman–Crippen LogP) is 5.86. The van der Waals surface area contributed by atoms with Crippen LogP contribution in [-0.4, -0.2) is 47.5 Å². The monoisotopic (exact) mass is 534 g/mol. The van der Waals surface area contributed by atoms with E-state index in [1.807, 2.05) is 57.2 Å². The van der Waals surface area contributed by atoms with E-state index in [2.05, 4.69) is 45.0 Å². The largest absolute Gasteiger partial charge is 0.465 e. The Morgan fingerprint density at radius 2 is 1.45 bits per heavy atom. The lowest BCUT2D eigenvalue weighted by molar-refractivity contribution is -0.384. The minimum atomic E-state index is -2.93. The highest BCUT2D eigenvalue weighted by molar-refractivity contribution is 6.99. The third kappa shape index (κ3) is 6.31. The minimum absolute atomic E-state index is 0.0215. The Morgan fingerprint density at radius 3 is 1.87 bits per heavy atom. The molecule has 1 amide bonds. The molecule has 202 valence electrons. The summed E-state index contributed by atoms with van der Waals surface area (Å²) < 4.78 is 7.10. The zero-order valence-electron chi connectivity index (χ0n) is 23.0. The van der Waals surface area contributed by atoms with Gasteiger partial charge in [0.15, 0.2) is 0 Å². The summed E-state index contributed by atoms with van der Waals surface area (Å²) in [5.41, 5.74) is -0.0519. The number of hydrogen-bond acceptors (Lipinski definition) is 4. The summed E-state index contributed by atoms with van der Waals surface area (Å²) in [4.78, 5) is 25.0. The fourth-order valence-electron chi connectivity index (χ4n) is 5.27. The van der Waals surface area contributed by atoms with Gasteiger partial charge in [-0.05, 0) is 48.2 Å². The van der Waals surface area contributed by atoms with Gasteiger partial charge in [0.05, 0.1) is 17.6 Å². The summed E-state index contributed by atoms with van der Waals surface area (Å²) in [6.45, 7) is 12.2. The lowest BCUT2D eigenvalue weighted by Crippen LogP contribution is -2.68. The number of hydrogen-bond donors (Lipinski definition) is 1. The van der Waals surface area contributed by atoms with Crippen molar-refractivity contribution in [1.29, 1.82) is 0 Å². The summed E-state index contributed by atoms with van der Waals surface area (Å²) in [5, 5.41) is 23.6. The summed E-state index contributed by atoms with van der Waals surface area (Å²) in [6, 6.07) is 26.2. The first kappa shape index (κ1) is 29.1. The summed E-state index contributed by atoms with van der Waals surface area (Å²) in [7, 11) is -2.93. The van der Waals surface area contributed by atoms with Crippen molar-refractivity contribution in [2.45, 2.75) is 64.6 Å². The molecule has 0 radical (unpaired) electrons. The van der Waals surface area contributed by atoms with Crippen LogP contribution in [-0.2, 0) is 10.8 Å². The Hall–Kier alpha value is -3.49. The van der Waals surface area contributed by atoms with Crippen molar-refractivity contribution in [3.05, 3.63) is 101 Å². The highest BCUT2D eigenvalue weighted by Gasteiger charge is 2.51. The molecule has 0 spiro atoms. The predicted molar refractivity (Wildman–Crippen MR) is 154 cm³/mol. The summed E-state index contributed by atoms with van der Waals surface area (Å²) >= 11 is 0. The third-order valence-corrected chi connectivity index (χ3v) is 11.8. The molecule has 3 aromatic rings. The standard InChI is InChI=1S/C30H38N2O5Si/c1-29(2,3)31(28(33)34)25(21-23-14-13-15-24(20-23)32(35)36)22-37-38(30(4,5)6,26-16-9-7-10-17-26)27-18-11-8-12-19-27/h7-20,25H,21-22H2,1-6H3,(H,33,34)/t25-/m0/s1. The second kappa shape index (κ2) is 11.5. The van der Waals surface area contributed by atoms with Crippen molar-refractivity contribution in [2.75, 3.05) is 6.61 Å². The van der Waals surface area contributed by atoms with Crippen LogP contribution < -0.4 is 10.4 Å². The first-order chi connectivity index (χ1) is 17.8. The van der Waals surface area contributed by atoms with Crippen LogP contribution in [0.3, 0.4) is 0 Å². The number of non-ortho nitro benzene ring substituents is 1. The van der Waals surface area contributed by atoms with E-state index in [1.54, 1.807) is 12.1 Å². The van der Waals surface area contributed by atoms with Gasteiger partial charge in [-0.2, -0.15) is 0 Å². The van der Waals surface area contributed by atoms with Gasteiger partial charge in [-0.3, -0.25) is 15.0 Å². The average Bonchev–Trinajstić information content (AvgIpc) is 2.84. The quantitative estimate of drug-likeness (QED) is 0.211. The molecule has 3 rings (SSSR count). The van der Waals surface area contributed by atoms with Crippen LogP contribution in [0.2, 0.25) is 5.04 Å². The highest BCUT2D eigenvalue weighted by Crippen LogP contribution is 2.37. The van der Waals surface area contributed by atoms with Crippen molar-refractivity contribution < 1.29 is 19.3 Å². The second-order valence-corrected chi connectivity index (χ2v) is 15.9. The molecule has 1 atom stereocenters. The Labute approximate surface area is 226 Å². The molecule has 7 nitrogen and oxygen atoms in total. The first-order valence-electron chi connectivity index (χ1n) is 12.8. The van der Waals surface area contributed by atoms with Crippen molar-refractivity contribution in [1.82, 2.24) is 4.90 Å². The Morgan fingerprint density at radius 1 is 0.921 bits per heavy atom. The molecule has 0 saturated heterocycles. The van der Waals surface area contributed by atoms with Gasteiger partial charge < -0.3 is 9.53 Å². The number of nitro benzene ring substituents is 1. The minimum Gasteiger partial charge on any atom is -0.465 e. The molecule has 0 aliphatic carbocycles. The zero-order chi connectivity index (χ0) is 28.1. The SMILES string of the molecule is CC(C)(C)N(C(=O)O)[C@H](CO[Si](c1ccccc1)(c1ccccc1)C(C)(C)C)Cc1cccc([N+](=O)[O-])c1. The maximum atomic E-state index is 12.6. The number of carbonyl (C=O) groups is 1. The Bertz CT molecular complexity index is 1200. The van der Waals surface area contributed by atoms with E-state index < -0.39 is 30.9 Å². The van der Waals surface area contributed by atoms with Gasteiger partial charge in [0.25, 0.3) is 14.0 Å². The third-order valence-electron chi connectivity index (χ3n) is 6.80. The molecule has 0 aliphatic heterocycles. The van der Waals surface area contributed by atoms with Gasteiger partial charge in [0.2, 0.25) is 0 Å². The maximum Gasteiger partial charge on any atom is 0.408 e. The van der Waals surface area contributed by atoms with Gasteiger partial charge in [-0.15, -0.1) is 0 Å². The molecule has 0 aliphatic rings. The molecule has 0 fully saturated rings. The molecular formula is C30H38N2O5Si. The van der Waals surface area contributed by atoms with Gasteiger partial charge in [-0.25, -0.2) is 4.79 Å². The van der Waals surface area contributed by atoms with Crippen LogP contribution in [0.25, 0.3) is 0 Å². The number of benzene rings is 3. The average molecular weight is 535 g/mol.